The Labute approximate surface area is 600 Å². The number of amides is 3. The average Bonchev–Trinajstić information content (AvgIpc) is 1.66. The van der Waals surface area contributed by atoms with Crippen molar-refractivity contribution >= 4 is 168 Å². The highest BCUT2D eigenvalue weighted by Crippen LogP contribution is 2.40. The van der Waals surface area contributed by atoms with E-state index in [1.54, 1.807) is 70.2 Å². The van der Waals surface area contributed by atoms with E-state index >= 15 is 0 Å². The molecular formula is C74H68N4O13S7. The van der Waals surface area contributed by atoms with Gasteiger partial charge in [-0.2, -0.15) is 0 Å². The van der Waals surface area contributed by atoms with Crippen LogP contribution in [-0.4, -0.2) is 89.6 Å². The lowest BCUT2D eigenvalue weighted by atomic mass is 10.1. The van der Waals surface area contributed by atoms with Gasteiger partial charge in [0.05, 0.1) is 73.0 Å². The molecule has 0 atom stereocenters. The van der Waals surface area contributed by atoms with Gasteiger partial charge in [0, 0.05) is 6.54 Å². The van der Waals surface area contributed by atoms with E-state index in [1.807, 2.05) is 151 Å². The molecule has 0 saturated carbocycles. The third-order valence-corrected chi connectivity index (χ3v) is 18.8. The van der Waals surface area contributed by atoms with Crippen molar-refractivity contribution in [2.75, 3.05) is 47.7 Å². The van der Waals surface area contributed by atoms with Gasteiger partial charge in [-0.25, -0.2) is 4.79 Å². The number of aromatic hydroxyl groups is 2. The Hall–Kier alpha value is -9.53. The van der Waals surface area contributed by atoms with Crippen LogP contribution in [0.2, 0.25) is 0 Å². The highest BCUT2D eigenvalue weighted by atomic mass is 32.2. The number of phenolic OH excluding ortho intramolecular Hbond substituents is 2. The van der Waals surface area contributed by atoms with Crippen LogP contribution >= 0.6 is 83.3 Å². The third-order valence-electron chi connectivity index (χ3n) is 13.9. The van der Waals surface area contributed by atoms with Crippen molar-refractivity contribution in [2.45, 2.75) is 48.1 Å². The summed E-state index contributed by atoms with van der Waals surface area (Å²) in [6.45, 7) is 22.2. The fourth-order valence-electron chi connectivity index (χ4n) is 9.32. The van der Waals surface area contributed by atoms with Crippen LogP contribution in [-0.2, 0) is 20.9 Å². The Morgan fingerprint density at radius 3 is 1.32 bits per heavy atom. The molecule has 24 heteroatoms. The number of aryl methyl sites for hydroxylation is 1. The first-order chi connectivity index (χ1) is 47.2. The molecule has 98 heavy (non-hydrogen) atoms. The maximum atomic E-state index is 12.8. The largest absolute Gasteiger partial charge is 0.504 e. The van der Waals surface area contributed by atoms with Gasteiger partial charge in [0.25, 0.3) is 23.3 Å². The fraction of sp³-hybridized carbons (Fsp3) is 0.162. The molecular weight excluding hydrogens is 1380 g/mol. The molecule has 504 valence electrons. The van der Waals surface area contributed by atoms with Crippen molar-refractivity contribution in [2.24, 2.45) is 0 Å². The number of aromatic nitrogens is 1. The molecule has 8 aromatic rings. The van der Waals surface area contributed by atoms with Crippen LogP contribution in [0.15, 0.2) is 190 Å². The molecule has 0 spiro atoms. The standard InChI is InChI=1S/C21H19NO3S2.C19H15NO5S2.C19H17NO3S2.C15H17NO2S/c1-3-13-25-18-9-5-15(6-10-18)14-19-20(23)22(21(26)27-19)16-7-11-17(12-8-16)24-4-2;1-2-25-15-8-11(6-7-14(15)21)9-16-17(22)20(19(26)27-16)13-5-3-4-12(10-13)18(23)24;1-3-23-16-10-13(6-9-15(16)21)11-17-18(22)20(19(24)25-17)14-7-4-12(2)5-8-14;1-4-16-11(3)19-14(15(16)17)10-12-6-8-13(9-7-12)18-5-2/h3,5-12,14H,1,4,13H2,2H3;3-10,21H,2H2,1H3,(H,23,24);4-11,21H,3H2,1-2H3;6-10H,3-5H2,1-2H3. The van der Waals surface area contributed by atoms with Crippen molar-refractivity contribution in [3.8, 4) is 40.2 Å². The first-order valence-electron chi connectivity index (χ1n) is 30.5. The molecule has 11 rings (SSSR count). The number of rotatable bonds is 20. The number of benzene rings is 7. The number of anilines is 3. The number of nitrogens with zero attached hydrogens (tertiary/aromatic N) is 4. The van der Waals surface area contributed by atoms with Crippen molar-refractivity contribution in [1.82, 2.24) is 4.57 Å². The molecule has 3 aliphatic heterocycles. The highest BCUT2D eigenvalue weighted by molar-refractivity contribution is 8.28. The molecule has 0 bridgehead atoms. The summed E-state index contributed by atoms with van der Waals surface area (Å²) < 4.78 is 31.6. The second kappa shape index (κ2) is 35.6. The van der Waals surface area contributed by atoms with E-state index in [1.165, 1.54) is 62.9 Å². The highest BCUT2D eigenvalue weighted by Gasteiger charge is 2.36. The Morgan fingerprint density at radius 2 is 0.898 bits per heavy atom. The Balaban J connectivity index is 0.000000168. The van der Waals surface area contributed by atoms with E-state index < -0.39 is 5.97 Å². The number of thiocarbonyl (C=S) groups is 3. The number of thiazole rings is 1. The second-order valence-corrected chi connectivity index (χ2v) is 26.9. The topological polar surface area (TPSA) is 207 Å². The Kier molecular flexibility index (Phi) is 27.0. The first kappa shape index (κ1) is 74.3. The molecule has 17 nitrogen and oxygen atoms in total. The molecule has 7 aromatic carbocycles. The summed E-state index contributed by atoms with van der Waals surface area (Å²) in [5, 5.41) is 28.7. The van der Waals surface area contributed by atoms with Crippen LogP contribution in [0.1, 0.15) is 72.8 Å². The predicted molar refractivity (Wildman–Crippen MR) is 410 cm³/mol. The number of hydrogen-bond donors (Lipinski definition) is 3. The van der Waals surface area contributed by atoms with Gasteiger partial charge in [0.2, 0.25) is 0 Å². The molecule has 3 N–H and O–H groups in total. The van der Waals surface area contributed by atoms with E-state index in [0.717, 1.165) is 71.8 Å². The van der Waals surface area contributed by atoms with E-state index in [-0.39, 0.29) is 40.3 Å². The van der Waals surface area contributed by atoms with Crippen LogP contribution in [0.5, 0.6) is 40.2 Å². The van der Waals surface area contributed by atoms with Crippen molar-refractivity contribution < 1.29 is 58.2 Å². The lowest BCUT2D eigenvalue weighted by Crippen LogP contribution is -2.30. The van der Waals surface area contributed by atoms with Crippen molar-refractivity contribution in [3.05, 3.63) is 238 Å². The summed E-state index contributed by atoms with van der Waals surface area (Å²) >= 11 is 21.2. The van der Waals surface area contributed by atoms with Gasteiger partial charge in [-0.05, 0) is 191 Å². The first-order valence-corrected chi connectivity index (χ1v) is 35.0. The van der Waals surface area contributed by atoms with Crippen molar-refractivity contribution in [3.63, 3.8) is 0 Å². The number of thioether (sulfide) groups is 3. The van der Waals surface area contributed by atoms with E-state index in [0.29, 0.717) is 90.0 Å². The third kappa shape index (κ3) is 19.4. The van der Waals surface area contributed by atoms with Crippen LogP contribution in [0.4, 0.5) is 17.1 Å². The van der Waals surface area contributed by atoms with Gasteiger partial charge in [-0.1, -0.05) is 151 Å². The summed E-state index contributed by atoms with van der Waals surface area (Å²) in [5.74, 6) is 1.50. The molecule has 3 fully saturated rings. The fourth-order valence-corrected chi connectivity index (χ4v) is 14.2. The lowest BCUT2D eigenvalue weighted by Gasteiger charge is -2.15. The quantitative estimate of drug-likeness (QED) is 0.0368. The zero-order valence-electron chi connectivity index (χ0n) is 54.1. The zero-order chi connectivity index (χ0) is 70.6. The summed E-state index contributed by atoms with van der Waals surface area (Å²) in [6.07, 6.45) is 8.84. The molecule has 3 amide bonds. The minimum atomic E-state index is -1.08. The number of aromatic carboxylic acids is 1. The number of phenols is 2. The molecule has 0 aliphatic carbocycles. The van der Waals surface area contributed by atoms with Crippen molar-refractivity contribution in [1.29, 1.82) is 0 Å². The average molecular weight is 1450 g/mol. The van der Waals surface area contributed by atoms with E-state index in [2.05, 4.69) is 13.2 Å². The van der Waals surface area contributed by atoms with Gasteiger partial charge in [-0.15, -0.1) is 11.3 Å². The zero-order valence-corrected chi connectivity index (χ0v) is 59.8. The molecule has 0 unspecified atom stereocenters. The van der Waals surface area contributed by atoms with Crippen LogP contribution in [0.25, 0.3) is 30.9 Å². The summed E-state index contributed by atoms with van der Waals surface area (Å²) in [4.78, 5) is 67.5. The van der Waals surface area contributed by atoms with Gasteiger partial charge in [0.1, 0.15) is 23.9 Å². The number of hydrogen-bond acceptors (Lipinski definition) is 19. The van der Waals surface area contributed by atoms with Gasteiger partial charge in [-0.3, -0.25) is 38.4 Å². The van der Waals surface area contributed by atoms with Crippen LogP contribution in [0.3, 0.4) is 0 Å². The smallest absolute Gasteiger partial charge is 0.335 e. The number of ether oxygens (including phenoxy) is 5. The monoisotopic (exact) mass is 1440 g/mol. The SMILES string of the molecule is C=CCOc1ccc(C=C2SC(=S)N(c3ccc(OCC)cc3)C2=O)cc1.C=c1sc(=Cc2ccc(OCC)cc2)c(=O)n1CC.CCOc1cc(C=C2SC(=S)N(c3ccc(C)cc3)C2=O)ccc1O.CCOc1cc(C=C2SC(=S)N(c3cccc(C(=O)O)c3)C2=O)ccc1O. The summed E-state index contributed by atoms with van der Waals surface area (Å²) in [6, 6.07) is 46.1. The predicted octanol–water partition coefficient (Wildman–Crippen LogP) is 15.0. The molecule has 3 saturated heterocycles. The minimum absolute atomic E-state index is 0.0204. The van der Waals surface area contributed by atoms with Gasteiger partial charge in [0.15, 0.2) is 36.0 Å². The molecule has 4 heterocycles. The maximum absolute atomic E-state index is 12.8. The number of carbonyl (C=O) groups is 4. The second-order valence-electron chi connectivity index (χ2n) is 20.7. The maximum Gasteiger partial charge on any atom is 0.335 e. The van der Waals surface area contributed by atoms with Gasteiger partial charge >= 0.3 is 5.97 Å². The Morgan fingerprint density at radius 1 is 0.500 bits per heavy atom. The van der Waals surface area contributed by atoms with E-state index in [4.69, 9.17) is 65.4 Å². The van der Waals surface area contributed by atoms with Crippen LogP contribution in [0, 0.1) is 6.92 Å². The Bertz CT molecular complexity index is 4570. The summed E-state index contributed by atoms with van der Waals surface area (Å²) in [7, 11) is 0. The van der Waals surface area contributed by atoms with E-state index in [9.17, 15) is 34.2 Å². The summed E-state index contributed by atoms with van der Waals surface area (Å²) in [5.41, 5.74) is 6.48. The number of carboxylic acids is 1. The lowest BCUT2D eigenvalue weighted by molar-refractivity contribution is -0.114. The normalized spacial score (nSPS) is 14.8. The minimum Gasteiger partial charge on any atom is -0.504 e. The number of carbonyl (C=O) groups excluding carboxylic acids is 3. The van der Waals surface area contributed by atoms with Crippen LogP contribution < -0.4 is 53.1 Å². The molecule has 0 radical (unpaired) electrons. The molecule has 1 aromatic heterocycles. The number of carboxylic acid groups (broad SMARTS) is 1. The molecule has 3 aliphatic rings. The van der Waals surface area contributed by atoms with Gasteiger partial charge < -0.3 is 39.0 Å².